The highest BCUT2D eigenvalue weighted by molar-refractivity contribution is 9.10. The van der Waals surface area contributed by atoms with Crippen LogP contribution in [0.5, 0.6) is 5.75 Å². The molecule has 0 spiro atoms. The molecule has 0 bridgehead atoms. The zero-order chi connectivity index (χ0) is 7.68. The van der Waals surface area contributed by atoms with Crippen molar-refractivity contribution in [1.29, 1.82) is 0 Å². The minimum absolute atomic E-state index is 0.611. The predicted octanol–water partition coefficient (Wildman–Crippen LogP) is 2.12. The van der Waals surface area contributed by atoms with Crippen LogP contribution >= 0.6 is 15.9 Å². The molecular weight excluding hydrogens is 208 g/mol. The maximum absolute atomic E-state index is 4.98. The maximum atomic E-state index is 4.98. The number of halogens is 1. The standard InChI is InChI=1S/C8H6BrO2/c9-7-3-1-2-6-4-5-10-11-8(6)7/h1,3H,4-5H2. The Hall–Kier alpha value is -0.540. The van der Waals surface area contributed by atoms with E-state index in [-0.39, 0.29) is 0 Å². The normalized spacial score (nSPS) is 15.4. The summed E-state index contributed by atoms with van der Waals surface area (Å²) in [5.74, 6) is 0.763. The van der Waals surface area contributed by atoms with Gasteiger partial charge in [0.05, 0.1) is 11.1 Å². The fraction of sp³-hybridized carbons (Fsp3) is 0.250. The highest BCUT2D eigenvalue weighted by Gasteiger charge is 2.13. The molecule has 1 aromatic carbocycles. The first kappa shape index (κ1) is 7.13. The molecule has 0 fully saturated rings. The maximum Gasteiger partial charge on any atom is 0.183 e. The lowest BCUT2D eigenvalue weighted by Crippen LogP contribution is -2.11. The van der Waals surface area contributed by atoms with Gasteiger partial charge in [-0.3, -0.25) is 0 Å². The van der Waals surface area contributed by atoms with E-state index in [1.54, 1.807) is 0 Å². The van der Waals surface area contributed by atoms with Crippen LogP contribution in [0.4, 0.5) is 0 Å². The van der Waals surface area contributed by atoms with Gasteiger partial charge in [-0.05, 0) is 28.1 Å². The molecule has 0 unspecified atom stereocenters. The Morgan fingerprint density at radius 2 is 2.45 bits per heavy atom. The molecule has 0 aromatic heterocycles. The van der Waals surface area contributed by atoms with Crippen molar-refractivity contribution in [3.05, 3.63) is 28.2 Å². The van der Waals surface area contributed by atoms with E-state index < -0.39 is 0 Å². The van der Waals surface area contributed by atoms with E-state index in [9.17, 15) is 0 Å². The Balaban J connectivity index is 2.49. The summed E-state index contributed by atoms with van der Waals surface area (Å²) in [7, 11) is 0. The predicted molar refractivity (Wildman–Crippen MR) is 43.3 cm³/mol. The molecule has 0 atom stereocenters. The van der Waals surface area contributed by atoms with Gasteiger partial charge in [0.15, 0.2) is 5.75 Å². The first-order chi connectivity index (χ1) is 5.38. The molecule has 1 heterocycles. The second kappa shape index (κ2) is 2.83. The van der Waals surface area contributed by atoms with E-state index >= 15 is 0 Å². The fourth-order valence-corrected chi connectivity index (χ4v) is 1.46. The number of fused-ring (bicyclic) bond motifs is 1. The van der Waals surface area contributed by atoms with Crippen LogP contribution in [0.2, 0.25) is 0 Å². The van der Waals surface area contributed by atoms with Crippen LogP contribution in [0.1, 0.15) is 5.56 Å². The first-order valence-electron chi connectivity index (χ1n) is 3.36. The summed E-state index contributed by atoms with van der Waals surface area (Å²) in [6.45, 7) is 0.611. The summed E-state index contributed by atoms with van der Waals surface area (Å²) >= 11 is 3.36. The van der Waals surface area contributed by atoms with Crippen molar-refractivity contribution in [3.8, 4) is 5.75 Å². The Bertz CT molecular complexity index is 273. The topological polar surface area (TPSA) is 18.5 Å². The van der Waals surface area contributed by atoms with E-state index in [1.807, 2.05) is 12.1 Å². The summed E-state index contributed by atoms with van der Waals surface area (Å²) in [5, 5.41) is 0. The molecule has 0 aliphatic carbocycles. The van der Waals surface area contributed by atoms with E-state index in [2.05, 4.69) is 22.0 Å². The summed E-state index contributed by atoms with van der Waals surface area (Å²) in [5.41, 5.74) is 1.07. The van der Waals surface area contributed by atoms with Crippen LogP contribution in [0.3, 0.4) is 0 Å². The third-order valence-electron chi connectivity index (χ3n) is 1.56. The van der Waals surface area contributed by atoms with Crippen LogP contribution in [0.15, 0.2) is 16.6 Å². The minimum atomic E-state index is 0.611. The van der Waals surface area contributed by atoms with Crippen LogP contribution in [-0.4, -0.2) is 6.61 Å². The summed E-state index contributed by atoms with van der Waals surface area (Å²) in [6, 6.07) is 6.85. The summed E-state index contributed by atoms with van der Waals surface area (Å²) < 4.78 is 0.922. The van der Waals surface area contributed by atoms with Crippen LogP contribution in [0.25, 0.3) is 0 Å². The second-order valence-electron chi connectivity index (χ2n) is 2.29. The van der Waals surface area contributed by atoms with Gasteiger partial charge >= 0.3 is 0 Å². The number of hydrogen-bond donors (Lipinski definition) is 0. The van der Waals surface area contributed by atoms with Gasteiger partial charge in [0.2, 0.25) is 0 Å². The van der Waals surface area contributed by atoms with Gasteiger partial charge in [0.25, 0.3) is 0 Å². The van der Waals surface area contributed by atoms with Crippen molar-refractivity contribution in [1.82, 2.24) is 0 Å². The molecule has 1 aliphatic heterocycles. The van der Waals surface area contributed by atoms with Gasteiger partial charge in [-0.1, -0.05) is 6.07 Å². The van der Waals surface area contributed by atoms with E-state index in [4.69, 9.17) is 9.78 Å². The van der Waals surface area contributed by atoms with Crippen LogP contribution in [-0.2, 0) is 11.3 Å². The smallest absolute Gasteiger partial charge is 0.183 e. The van der Waals surface area contributed by atoms with E-state index in [0.29, 0.717) is 6.61 Å². The molecule has 1 radical (unpaired) electrons. The molecule has 0 N–H and O–H groups in total. The van der Waals surface area contributed by atoms with Crippen molar-refractivity contribution in [3.63, 3.8) is 0 Å². The lowest BCUT2D eigenvalue weighted by Gasteiger charge is -2.15. The average molecular weight is 214 g/mol. The molecule has 0 saturated heterocycles. The van der Waals surface area contributed by atoms with Crippen LogP contribution in [0, 0.1) is 6.07 Å². The fourth-order valence-electron chi connectivity index (χ4n) is 1.02. The highest BCUT2D eigenvalue weighted by atomic mass is 79.9. The van der Waals surface area contributed by atoms with Crippen molar-refractivity contribution in [2.45, 2.75) is 6.42 Å². The van der Waals surface area contributed by atoms with Crippen molar-refractivity contribution >= 4 is 15.9 Å². The largest absolute Gasteiger partial charge is 0.336 e. The van der Waals surface area contributed by atoms with Gasteiger partial charge < -0.3 is 4.89 Å². The van der Waals surface area contributed by atoms with Crippen molar-refractivity contribution in [2.75, 3.05) is 6.61 Å². The van der Waals surface area contributed by atoms with Gasteiger partial charge in [-0.15, -0.1) is 0 Å². The quantitative estimate of drug-likeness (QED) is 0.615. The molecule has 1 aromatic rings. The SMILES string of the molecule is Brc1cc[c]c2c1OOCC2. The van der Waals surface area contributed by atoms with E-state index in [0.717, 1.165) is 22.2 Å². The number of benzene rings is 1. The molecule has 1 aliphatic rings. The molecular formula is C8H6BrO2. The molecule has 11 heavy (non-hydrogen) atoms. The number of hydrogen-bond acceptors (Lipinski definition) is 2. The minimum Gasteiger partial charge on any atom is -0.336 e. The second-order valence-corrected chi connectivity index (χ2v) is 3.14. The monoisotopic (exact) mass is 213 g/mol. The van der Waals surface area contributed by atoms with Crippen molar-refractivity contribution in [2.24, 2.45) is 0 Å². The van der Waals surface area contributed by atoms with Gasteiger partial charge in [0, 0.05) is 12.0 Å². The molecule has 2 nitrogen and oxygen atoms in total. The third kappa shape index (κ3) is 1.26. The summed E-state index contributed by atoms with van der Waals surface area (Å²) in [6.07, 6.45) is 0.870. The van der Waals surface area contributed by atoms with Gasteiger partial charge in [0.1, 0.15) is 0 Å². The average Bonchev–Trinajstić information content (AvgIpc) is 2.06. The molecule has 0 amide bonds. The molecule has 3 heteroatoms. The highest BCUT2D eigenvalue weighted by Crippen LogP contribution is 2.31. The van der Waals surface area contributed by atoms with Crippen molar-refractivity contribution < 1.29 is 9.78 Å². The van der Waals surface area contributed by atoms with E-state index in [1.165, 1.54) is 0 Å². The Morgan fingerprint density at radius 3 is 3.27 bits per heavy atom. The third-order valence-corrected chi connectivity index (χ3v) is 2.18. The number of rotatable bonds is 0. The molecule has 0 saturated carbocycles. The Morgan fingerprint density at radius 1 is 1.55 bits per heavy atom. The first-order valence-corrected chi connectivity index (χ1v) is 4.16. The molecule has 2 rings (SSSR count). The Kier molecular flexibility index (Phi) is 1.84. The zero-order valence-corrected chi connectivity index (χ0v) is 7.35. The van der Waals surface area contributed by atoms with Gasteiger partial charge in [-0.2, -0.15) is 4.89 Å². The zero-order valence-electron chi connectivity index (χ0n) is 5.76. The van der Waals surface area contributed by atoms with Crippen LogP contribution < -0.4 is 4.89 Å². The summed E-state index contributed by atoms with van der Waals surface area (Å²) in [4.78, 5) is 9.80. The lowest BCUT2D eigenvalue weighted by molar-refractivity contribution is -0.215. The molecule has 57 valence electrons. The Labute approximate surface area is 73.2 Å². The lowest BCUT2D eigenvalue weighted by atomic mass is 10.1. The van der Waals surface area contributed by atoms with Gasteiger partial charge in [-0.25, -0.2) is 0 Å².